The Labute approximate surface area is 81.4 Å². The second kappa shape index (κ2) is 4.68. The summed E-state index contributed by atoms with van der Waals surface area (Å²) in [6, 6.07) is 8.90. The monoisotopic (exact) mass is 215 g/mol. The molecule has 0 amide bonds. The number of nitrogens with zero attached hydrogens (tertiary/aromatic N) is 2. The number of hydrogen-bond donors (Lipinski definition) is 2. The molecule has 0 radical (unpaired) electrons. The van der Waals surface area contributed by atoms with Crippen LogP contribution in [0.25, 0.3) is 0 Å². The van der Waals surface area contributed by atoms with Gasteiger partial charge in [0.05, 0.1) is 5.69 Å². The van der Waals surface area contributed by atoms with E-state index >= 15 is 0 Å². The molecule has 0 aromatic heterocycles. The Morgan fingerprint density at radius 3 is 2.50 bits per heavy atom. The first kappa shape index (κ1) is 10.6. The van der Waals surface area contributed by atoms with Crippen molar-refractivity contribution in [2.24, 2.45) is 10.3 Å². The Balaban J connectivity index is 2.42. The lowest BCUT2D eigenvalue weighted by molar-refractivity contribution is 0.483. The topological polar surface area (TPSA) is 91.1 Å². The van der Waals surface area contributed by atoms with Crippen molar-refractivity contribution in [1.82, 2.24) is 0 Å². The summed E-state index contributed by atoms with van der Waals surface area (Å²) >= 11 is 0. The Morgan fingerprint density at radius 1 is 1.29 bits per heavy atom. The molecule has 1 aromatic rings. The maximum absolute atomic E-state index is 10.2. The molecule has 1 rings (SSSR count). The van der Waals surface area contributed by atoms with E-state index in [4.69, 9.17) is 4.55 Å². The van der Waals surface area contributed by atoms with E-state index in [2.05, 4.69) is 15.8 Å². The Morgan fingerprint density at radius 2 is 1.93 bits per heavy atom. The summed E-state index contributed by atoms with van der Waals surface area (Å²) in [6.07, 6.45) is 0. The maximum Gasteiger partial charge on any atom is 0.287 e. The summed E-state index contributed by atoms with van der Waals surface area (Å²) in [5.41, 5.74) is 3.19. The SMILES string of the molecule is O=S(=O)(O)C/N=N/Nc1ccccc1. The van der Waals surface area contributed by atoms with Gasteiger partial charge in [-0.05, 0) is 12.1 Å². The van der Waals surface area contributed by atoms with E-state index in [1.807, 2.05) is 6.07 Å². The highest BCUT2D eigenvalue weighted by molar-refractivity contribution is 7.85. The third-order valence-corrected chi connectivity index (χ3v) is 1.69. The zero-order valence-corrected chi connectivity index (χ0v) is 7.98. The highest BCUT2D eigenvalue weighted by atomic mass is 32.2. The van der Waals surface area contributed by atoms with E-state index < -0.39 is 16.0 Å². The van der Waals surface area contributed by atoms with Crippen molar-refractivity contribution in [3.05, 3.63) is 30.3 Å². The zero-order chi connectivity index (χ0) is 10.4. The first-order valence-electron chi connectivity index (χ1n) is 3.71. The molecule has 1 aromatic carbocycles. The highest BCUT2D eigenvalue weighted by Gasteiger charge is 2.00. The van der Waals surface area contributed by atoms with E-state index in [0.717, 1.165) is 0 Å². The first-order valence-corrected chi connectivity index (χ1v) is 5.31. The molecule has 0 atom stereocenters. The molecule has 0 saturated carbocycles. The summed E-state index contributed by atoms with van der Waals surface area (Å²) in [5.74, 6) is -0.743. The molecular formula is C7H9N3O3S. The van der Waals surface area contributed by atoms with Crippen molar-refractivity contribution in [2.45, 2.75) is 0 Å². The zero-order valence-electron chi connectivity index (χ0n) is 7.16. The fraction of sp³-hybridized carbons (Fsp3) is 0.143. The molecule has 0 aliphatic carbocycles. The van der Waals surface area contributed by atoms with Gasteiger partial charge in [0.2, 0.25) is 0 Å². The number of benzene rings is 1. The predicted octanol–water partition coefficient (Wildman–Crippen LogP) is 1.31. The first-order chi connectivity index (χ1) is 6.58. The van der Waals surface area contributed by atoms with Crippen molar-refractivity contribution in [3.8, 4) is 0 Å². The molecule has 0 spiro atoms. The molecule has 6 nitrogen and oxygen atoms in total. The van der Waals surface area contributed by atoms with Crippen LogP contribution in [0.5, 0.6) is 0 Å². The minimum absolute atomic E-state index is 0.687. The molecule has 0 unspecified atom stereocenters. The van der Waals surface area contributed by atoms with Crippen LogP contribution in [0.15, 0.2) is 40.7 Å². The molecule has 0 bridgehead atoms. The summed E-state index contributed by atoms with van der Waals surface area (Å²) in [5, 5.41) is 6.58. The Hall–Kier alpha value is -1.47. The number of anilines is 1. The van der Waals surface area contributed by atoms with Crippen LogP contribution in [-0.4, -0.2) is 18.8 Å². The van der Waals surface area contributed by atoms with E-state index in [1.165, 1.54) is 0 Å². The van der Waals surface area contributed by atoms with E-state index in [9.17, 15) is 8.42 Å². The molecule has 0 fully saturated rings. The number of nitrogens with one attached hydrogen (secondary N) is 1. The van der Waals surface area contributed by atoms with Crippen LogP contribution in [-0.2, 0) is 10.1 Å². The highest BCUT2D eigenvalue weighted by Crippen LogP contribution is 2.04. The Bertz CT molecular complexity index is 401. The summed E-state index contributed by atoms with van der Waals surface area (Å²) in [7, 11) is -4.08. The minimum Gasteiger partial charge on any atom is -0.284 e. The molecule has 7 heteroatoms. The van der Waals surface area contributed by atoms with Crippen molar-refractivity contribution < 1.29 is 13.0 Å². The van der Waals surface area contributed by atoms with Gasteiger partial charge in [-0.25, -0.2) is 0 Å². The van der Waals surface area contributed by atoms with Crippen LogP contribution in [0.4, 0.5) is 5.69 Å². The van der Waals surface area contributed by atoms with Crippen LogP contribution >= 0.6 is 0 Å². The number of hydrogen-bond acceptors (Lipinski definition) is 4. The number of para-hydroxylation sites is 1. The van der Waals surface area contributed by atoms with Gasteiger partial charge >= 0.3 is 0 Å². The van der Waals surface area contributed by atoms with Crippen LogP contribution in [0.3, 0.4) is 0 Å². The van der Waals surface area contributed by atoms with Crippen molar-refractivity contribution in [3.63, 3.8) is 0 Å². The molecule has 14 heavy (non-hydrogen) atoms. The van der Waals surface area contributed by atoms with Crippen LogP contribution in [0.1, 0.15) is 0 Å². The van der Waals surface area contributed by atoms with E-state index in [0.29, 0.717) is 5.69 Å². The standard InChI is InChI=1S/C7H9N3O3S/c11-14(12,13)6-8-10-9-7-4-2-1-3-5-7/h1-5H,6H2,(H,8,9)(H,11,12,13). The Kier molecular flexibility index (Phi) is 3.55. The second-order valence-corrected chi connectivity index (χ2v) is 3.85. The molecule has 0 aliphatic rings. The average molecular weight is 215 g/mol. The fourth-order valence-electron chi connectivity index (χ4n) is 0.708. The van der Waals surface area contributed by atoms with Gasteiger partial charge in [0.15, 0.2) is 5.88 Å². The van der Waals surface area contributed by atoms with Gasteiger partial charge in [-0.2, -0.15) is 13.5 Å². The molecule has 0 saturated heterocycles. The second-order valence-electron chi connectivity index (χ2n) is 2.43. The van der Waals surface area contributed by atoms with Gasteiger partial charge in [-0.15, -0.1) is 0 Å². The predicted molar refractivity (Wildman–Crippen MR) is 51.3 cm³/mol. The van der Waals surface area contributed by atoms with E-state index in [1.54, 1.807) is 24.3 Å². The third kappa shape index (κ3) is 4.53. The van der Waals surface area contributed by atoms with Gasteiger partial charge in [0.1, 0.15) is 0 Å². The summed E-state index contributed by atoms with van der Waals surface area (Å²) in [4.78, 5) is 0. The maximum atomic E-state index is 10.2. The van der Waals surface area contributed by atoms with Crippen LogP contribution < -0.4 is 5.43 Å². The van der Waals surface area contributed by atoms with Crippen molar-refractivity contribution >= 4 is 15.8 Å². The van der Waals surface area contributed by atoms with E-state index in [-0.39, 0.29) is 0 Å². The van der Waals surface area contributed by atoms with Crippen molar-refractivity contribution in [2.75, 3.05) is 11.3 Å². The molecule has 2 N–H and O–H groups in total. The molecular weight excluding hydrogens is 206 g/mol. The molecule has 0 heterocycles. The average Bonchev–Trinajstić information content (AvgIpc) is 2.13. The molecule has 76 valence electrons. The lowest BCUT2D eigenvalue weighted by atomic mass is 10.3. The van der Waals surface area contributed by atoms with Crippen LogP contribution in [0, 0.1) is 0 Å². The number of rotatable bonds is 4. The smallest absolute Gasteiger partial charge is 0.284 e. The summed E-state index contributed by atoms with van der Waals surface area (Å²) < 4.78 is 28.7. The van der Waals surface area contributed by atoms with Gasteiger partial charge in [-0.3, -0.25) is 9.98 Å². The fourth-order valence-corrected chi connectivity index (χ4v) is 0.911. The van der Waals surface area contributed by atoms with Crippen LogP contribution in [0.2, 0.25) is 0 Å². The van der Waals surface area contributed by atoms with Gasteiger partial charge in [0, 0.05) is 0 Å². The van der Waals surface area contributed by atoms with Gasteiger partial charge in [0.25, 0.3) is 10.1 Å². The minimum atomic E-state index is -4.08. The quantitative estimate of drug-likeness (QED) is 0.450. The van der Waals surface area contributed by atoms with Gasteiger partial charge in [-0.1, -0.05) is 23.4 Å². The van der Waals surface area contributed by atoms with Gasteiger partial charge < -0.3 is 0 Å². The largest absolute Gasteiger partial charge is 0.287 e. The lowest BCUT2D eigenvalue weighted by Gasteiger charge is -1.96. The molecule has 0 aliphatic heterocycles. The third-order valence-electron chi connectivity index (χ3n) is 1.24. The lowest BCUT2D eigenvalue weighted by Crippen LogP contribution is -2.00. The summed E-state index contributed by atoms with van der Waals surface area (Å²) in [6.45, 7) is 0. The van der Waals surface area contributed by atoms with Crippen molar-refractivity contribution in [1.29, 1.82) is 0 Å². The normalized spacial score (nSPS) is 11.8.